The Labute approximate surface area is 124 Å². The smallest absolute Gasteiger partial charge is 0.311 e. The molecule has 116 valence electrons. The molecule has 6 heteroatoms. The lowest BCUT2D eigenvalue weighted by Gasteiger charge is -2.42. The fourth-order valence-corrected chi connectivity index (χ4v) is 3.06. The molecule has 1 heterocycles. The zero-order chi connectivity index (χ0) is 15.6. The summed E-state index contributed by atoms with van der Waals surface area (Å²) < 4.78 is 0. The monoisotopic (exact) mass is 293 g/mol. The molecule has 1 atom stereocenters. The summed E-state index contributed by atoms with van der Waals surface area (Å²) in [5, 5.41) is 24.0. The van der Waals surface area contributed by atoms with Crippen molar-refractivity contribution in [2.24, 2.45) is 5.41 Å². The van der Waals surface area contributed by atoms with Gasteiger partial charge in [0.2, 0.25) is 0 Å². The second-order valence-corrected chi connectivity index (χ2v) is 6.56. The van der Waals surface area contributed by atoms with Crippen molar-refractivity contribution >= 4 is 5.69 Å². The number of aromatic hydroxyl groups is 1. The Morgan fingerprint density at radius 3 is 2.48 bits per heavy atom. The third-order valence-electron chi connectivity index (χ3n) is 3.85. The standard InChI is InChI=1S/C15H23N3O3/c1-15(2,3)14(17-8-6-16-7-9-17)11-4-5-13(19)12(10-11)18(20)21/h4-5,10,14,16,19H,6-9H2,1-3H3/t14-/m0/s1. The van der Waals surface area contributed by atoms with Crippen LogP contribution in [0.15, 0.2) is 18.2 Å². The maximum absolute atomic E-state index is 11.0. The largest absolute Gasteiger partial charge is 0.502 e. The van der Waals surface area contributed by atoms with Gasteiger partial charge in [0, 0.05) is 38.3 Å². The molecule has 2 rings (SSSR count). The number of piperazine rings is 1. The van der Waals surface area contributed by atoms with Crippen molar-refractivity contribution in [1.82, 2.24) is 10.2 Å². The molecule has 0 aromatic heterocycles. The molecule has 0 bridgehead atoms. The van der Waals surface area contributed by atoms with E-state index >= 15 is 0 Å². The highest BCUT2D eigenvalue weighted by atomic mass is 16.6. The molecule has 1 aromatic carbocycles. The zero-order valence-corrected chi connectivity index (χ0v) is 12.8. The molecule has 0 radical (unpaired) electrons. The molecule has 1 aliphatic rings. The Balaban J connectivity index is 2.41. The molecular weight excluding hydrogens is 270 g/mol. The van der Waals surface area contributed by atoms with Gasteiger partial charge < -0.3 is 10.4 Å². The highest BCUT2D eigenvalue weighted by Gasteiger charge is 2.33. The van der Waals surface area contributed by atoms with E-state index in [1.165, 1.54) is 12.1 Å². The summed E-state index contributed by atoms with van der Waals surface area (Å²) in [4.78, 5) is 12.9. The van der Waals surface area contributed by atoms with E-state index in [0.29, 0.717) is 0 Å². The number of hydrogen-bond donors (Lipinski definition) is 2. The summed E-state index contributed by atoms with van der Waals surface area (Å²) >= 11 is 0. The van der Waals surface area contributed by atoms with Gasteiger partial charge in [-0.05, 0) is 17.0 Å². The number of hydrogen-bond acceptors (Lipinski definition) is 5. The molecule has 0 amide bonds. The predicted octanol–water partition coefficient (Wildman–Crippen LogP) is 2.29. The summed E-state index contributed by atoms with van der Waals surface area (Å²) in [6.07, 6.45) is 0. The van der Waals surface area contributed by atoms with Gasteiger partial charge in [-0.1, -0.05) is 26.8 Å². The minimum Gasteiger partial charge on any atom is -0.502 e. The molecular formula is C15H23N3O3. The number of benzene rings is 1. The molecule has 0 aliphatic carbocycles. The second kappa shape index (κ2) is 5.99. The first kappa shape index (κ1) is 15.7. The third-order valence-corrected chi connectivity index (χ3v) is 3.85. The Morgan fingerprint density at radius 2 is 1.95 bits per heavy atom. The number of nitro groups is 1. The van der Waals surface area contributed by atoms with Crippen LogP contribution in [-0.2, 0) is 0 Å². The van der Waals surface area contributed by atoms with Gasteiger partial charge in [-0.2, -0.15) is 0 Å². The van der Waals surface area contributed by atoms with Crippen LogP contribution in [-0.4, -0.2) is 41.1 Å². The van der Waals surface area contributed by atoms with Crippen molar-refractivity contribution < 1.29 is 10.0 Å². The predicted molar refractivity (Wildman–Crippen MR) is 81.4 cm³/mol. The van der Waals surface area contributed by atoms with E-state index in [9.17, 15) is 15.2 Å². The third kappa shape index (κ3) is 3.51. The first-order valence-electron chi connectivity index (χ1n) is 7.23. The first-order chi connectivity index (χ1) is 9.80. The second-order valence-electron chi connectivity index (χ2n) is 6.56. The molecule has 2 N–H and O–H groups in total. The van der Waals surface area contributed by atoms with Crippen LogP contribution in [0.5, 0.6) is 5.75 Å². The fraction of sp³-hybridized carbons (Fsp3) is 0.600. The highest BCUT2D eigenvalue weighted by molar-refractivity contribution is 5.48. The summed E-state index contributed by atoms with van der Waals surface area (Å²) in [6, 6.07) is 4.81. The summed E-state index contributed by atoms with van der Waals surface area (Å²) in [5.41, 5.74) is 0.605. The van der Waals surface area contributed by atoms with Crippen LogP contribution in [0.2, 0.25) is 0 Å². The normalized spacial score (nSPS) is 18.4. The zero-order valence-electron chi connectivity index (χ0n) is 12.8. The van der Waals surface area contributed by atoms with Gasteiger partial charge in [-0.25, -0.2) is 0 Å². The van der Waals surface area contributed by atoms with Crippen LogP contribution in [0.3, 0.4) is 0 Å². The lowest BCUT2D eigenvalue weighted by atomic mass is 9.80. The van der Waals surface area contributed by atoms with Crippen molar-refractivity contribution in [2.45, 2.75) is 26.8 Å². The molecule has 1 saturated heterocycles. The average molecular weight is 293 g/mol. The molecule has 0 spiro atoms. The SMILES string of the molecule is CC(C)(C)[C@H](c1ccc(O)c([N+](=O)[O-])c1)N1CCNCC1. The van der Waals surface area contributed by atoms with Gasteiger partial charge in [0.1, 0.15) is 0 Å². The Hall–Kier alpha value is -1.66. The van der Waals surface area contributed by atoms with Crippen LogP contribution < -0.4 is 5.32 Å². The van der Waals surface area contributed by atoms with Crippen LogP contribution in [0.25, 0.3) is 0 Å². The maximum Gasteiger partial charge on any atom is 0.311 e. The molecule has 0 saturated carbocycles. The minimum atomic E-state index is -0.531. The van der Waals surface area contributed by atoms with E-state index < -0.39 is 4.92 Å². The summed E-state index contributed by atoms with van der Waals surface area (Å²) in [5.74, 6) is -0.281. The van der Waals surface area contributed by atoms with Gasteiger partial charge in [-0.15, -0.1) is 0 Å². The highest BCUT2D eigenvalue weighted by Crippen LogP contribution is 2.40. The maximum atomic E-state index is 11.0. The molecule has 1 aromatic rings. The van der Waals surface area contributed by atoms with Gasteiger partial charge in [0.15, 0.2) is 5.75 Å². The van der Waals surface area contributed by atoms with Gasteiger partial charge in [0.25, 0.3) is 0 Å². The number of nitrogens with zero attached hydrogens (tertiary/aromatic N) is 2. The first-order valence-corrected chi connectivity index (χ1v) is 7.23. The summed E-state index contributed by atoms with van der Waals surface area (Å²) in [6.45, 7) is 10.1. The van der Waals surface area contributed by atoms with E-state index in [2.05, 4.69) is 31.0 Å². The average Bonchev–Trinajstić information content (AvgIpc) is 2.40. The molecule has 0 unspecified atom stereocenters. The number of phenolic OH excluding ortho intramolecular Hbond substituents is 1. The van der Waals surface area contributed by atoms with Crippen molar-refractivity contribution in [3.63, 3.8) is 0 Å². The number of rotatable bonds is 3. The van der Waals surface area contributed by atoms with Crippen LogP contribution in [0.4, 0.5) is 5.69 Å². The molecule has 1 fully saturated rings. The van der Waals surface area contributed by atoms with E-state index in [-0.39, 0.29) is 22.9 Å². The summed E-state index contributed by atoms with van der Waals surface area (Å²) in [7, 11) is 0. The quantitative estimate of drug-likeness (QED) is 0.660. The lowest BCUT2D eigenvalue weighted by Crippen LogP contribution is -2.48. The Kier molecular flexibility index (Phi) is 4.49. The molecule has 21 heavy (non-hydrogen) atoms. The number of phenols is 1. The number of nitro benzene ring substituents is 1. The fourth-order valence-electron chi connectivity index (χ4n) is 3.06. The lowest BCUT2D eigenvalue weighted by molar-refractivity contribution is -0.386. The Bertz CT molecular complexity index is 519. The Morgan fingerprint density at radius 1 is 1.33 bits per heavy atom. The molecule has 6 nitrogen and oxygen atoms in total. The number of nitrogens with one attached hydrogen (secondary N) is 1. The van der Waals surface area contributed by atoms with Crippen molar-refractivity contribution in [3.8, 4) is 5.75 Å². The van der Waals surface area contributed by atoms with Crippen molar-refractivity contribution in [3.05, 3.63) is 33.9 Å². The van der Waals surface area contributed by atoms with E-state index in [1.54, 1.807) is 6.07 Å². The minimum absolute atomic E-state index is 0.0534. The van der Waals surface area contributed by atoms with Crippen LogP contribution >= 0.6 is 0 Å². The van der Waals surface area contributed by atoms with E-state index in [1.807, 2.05) is 0 Å². The van der Waals surface area contributed by atoms with Crippen LogP contribution in [0.1, 0.15) is 32.4 Å². The van der Waals surface area contributed by atoms with E-state index in [4.69, 9.17) is 0 Å². The van der Waals surface area contributed by atoms with Gasteiger partial charge in [0.05, 0.1) is 4.92 Å². The van der Waals surface area contributed by atoms with Crippen LogP contribution in [0, 0.1) is 15.5 Å². The van der Waals surface area contributed by atoms with Gasteiger partial charge >= 0.3 is 5.69 Å². The van der Waals surface area contributed by atoms with E-state index in [0.717, 1.165) is 31.7 Å². The van der Waals surface area contributed by atoms with Crippen molar-refractivity contribution in [1.29, 1.82) is 0 Å². The topological polar surface area (TPSA) is 78.6 Å². The van der Waals surface area contributed by atoms with Crippen molar-refractivity contribution in [2.75, 3.05) is 26.2 Å². The van der Waals surface area contributed by atoms with Gasteiger partial charge in [-0.3, -0.25) is 15.0 Å². The molecule has 1 aliphatic heterocycles.